The molecule has 0 spiro atoms. The van der Waals surface area contributed by atoms with Crippen LogP contribution in [-0.2, 0) is 0 Å². The van der Waals surface area contributed by atoms with Crippen LogP contribution in [0, 0.1) is 0 Å². The summed E-state index contributed by atoms with van der Waals surface area (Å²) in [5, 5.41) is 63.9. The molecule has 3 amide bonds. The van der Waals surface area contributed by atoms with Crippen molar-refractivity contribution in [3.63, 3.8) is 0 Å². The van der Waals surface area contributed by atoms with E-state index < -0.39 is 18.3 Å². The van der Waals surface area contributed by atoms with Crippen LogP contribution in [0.5, 0.6) is 0 Å². The topological polar surface area (TPSA) is 328 Å². The number of nitrogens with one attached hydrogen (secondary N) is 6. The highest BCUT2D eigenvalue weighted by Crippen LogP contribution is 2.44. The Labute approximate surface area is 530 Å². The summed E-state index contributed by atoms with van der Waals surface area (Å²) >= 11 is 0. The SMILES string of the molecule is CNc1cc(-c2cn(C3CC3)c3ncccc23)nc2c(C(=O)N[C@@H]3CC[C@@H]3O)cnn12.CNc1cc(-c2cn(C3CC3)c3ncccc23)nc2c(C(=O)N[C@H]3CC[C@H]3O)cnn12.CNc1cc(-c2cn(C3CC3)c3ncccc23)nc2c(C(=O)N[C@H]3CC[C@H]3O)cnn12. The summed E-state index contributed by atoms with van der Waals surface area (Å²) < 4.78 is 11.6. The monoisotopic (exact) mass is 1250 g/mol. The maximum absolute atomic E-state index is 12.9. The van der Waals surface area contributed by atoms with E-state index in [9.17, 15) is 29.7 Å². The second kappa shape index (κ2) is 23.1. The smallest absolute Gasteiger partial charge is 0.257 e. The van der Waals surface area contributed by atoms with Gasteiger partial charge in [0, 0.05) is 127 Å². The number of anilines is 3. The molecule has 12 heterocycles. The molecule has 0 saturated heterocycles. The molecule has 0 aromatic carbocycles. The molecule has 12 aromatic rings. The van der Waals surface area contributed by atoms with E-state index >= 15 is 0 Å². The first-order valence-corrected chi connectivity index (χ1v) is 32.0. The van der Waals surface area contributed by atoms with Crippen molar-refractivity contribution in [3.8, 4) is 33.8 Å². The van der Waals surface area contributed by atoms with Crippen molar-refractivity contribution in [2.45, 2.75) is 132 Å². The second-order valence-electron chi connectivity index (χ2n) is 25.1. The minimum atomic E-state index is -0.483. The molecule has 9 N–H and O–H groups in total. The van der Waals surface area contributed by atoms with E-state index in [1.165, 1.54) is 18.6 Å². The number of rotatable bonds is 15. The number of fused-ring (bicyclic) bond motifs is 6. The van der Waals surface area contributed by atoms with E-state index in [0.717, 1.165) is 142 Å². The fourth-order valence-electron chi connectivity index (χ4n) is 12.8. The molecule has 0 bridgehead atoms. The summed E-state index contributed by atoms with van der Waals surface area (Å²) in [7, 11) is 5.46. The lowest BCUT2D eigenvalue weighted by Gasteiger charge is -2.32. The highest BCUT2D eigenvalue weighted by Gasteiger charge is 2.36. The maximum Gasteiger partial charge on any atom is 0.257 e. The van der Waals surface area contributed by atoms with Crippen LogP contribution < -0.4 is 31.9 Å². The van der Waals surface area contributed by atoms with Gasteiger partial charge in [0.05, 0.1) is 72.1 Å². The Hall–Kier alpha value is -10.4. The molecule has 6 aliphatic rings. The van der Waals surface area contributed by atoms with E-state index in [0.29, 0.717) is 71.0 Å². The Bertz CT molecular complexity index is 4450. The average Bonchev–Trinajstić information content (AvgIpc) is 1.84. The van der Waals surface area contributed by atoms with Gasteiger partial charge in [0.1, 0.15) is 51.1 Å². The summed E-state index contributed by atoms with van der Waals surface area (Å²) in [5.41, 5.74) is 10.7. The van der Waals surface area contributed by atoms with E-state index in [1.807, 2.05) is 76.1 Å². The van der Waals surface area contributed by atoms with Gasteiger partial charge in [0.2, 0.25) is 0 Å². The Kier molecular flexibility index (Phi) is 14.3. The molecule has 12 aromatic heterocycles. The highest BCUT2D eigenvalue weighted by molar-refractivity contribution is 6.03. The van der Waals surface area contributed by atoms with Gasteiger partial charge in [-0.2, -0.15) is 28.8 Å². The lowest BCUT2D eigenvalue weighted by Crippen LogP contribution is -2.50. The standard InChI is InChI=1S/3C22H23N7O2/c3*1-23-19-9-17(15-11-28(12-4-5-12)20-13(15)3-2-8-24-20)26-21-14(10-25-29(19)21)22(31)27-16-6-7-18(16)30/h3*2-3,8-12,16,18,23,30H,4-7H2,1H3,(H,27,31)/t3*16-,18+/m100/s1. The molecule has 93 heavy (non-hydrogen) atoms. The number of aromatic nitrogens is 15. The predicted octanol–water partition coefficient (Wildman–Crippen LogP) is 7.13. The number of aliphatic hydroxyl groups is 3. The van der Waals surface area contributed by atoms with Gasteiger partial charge in [-0.1, -0.05) is 0 Å². The molecule has 6 aliphatic carbocycles. The number of hydrogen-bond donors (Lipinski definition) is 9. The van der Waals surface area contributed by atoms with Gasteiger partial charge in [-0.15, -0.1) is 0 Å². The van der Waals surface area contributed by atoms with Crippen molar-refractivity contribution < 1.29 is 29.7 Å². The van der Waals surface area contributed by atoms with E-state index in [4.69, 9.17) is 15.0 Å². The van der Waals surface area contributed by atoms with Gasteiger partial charge in [0.25, 0.3) is 17.7 Å². The quantitative estimate of drug-likeness (QED) is 0.0493. The van der Waals surface area contributed by atoms with Gasteiger partial charge >= 0.3 is 0 Å². The van der Waals surface area contributed by atoms with Crippen LogP contribution in [0.2, 0.25) is 0 Å². The maximum atomic E-state index is 12.9. The van der Waals surface area contributed by atoms with E-state index in [1.54, 1.807) is 13.5 Å². The van der Waals surface area contributed by atoms with Gasteiger partial charge in [0.15, 0.2) is 16.9 Å². The number of amides is 3. The molecule has 6 fully saturated rings. The zero-order chi connectivity index (χ0) is 63.3. The number of carbonyl (C=O) groups excluding carboxylic acids is 3. The molecule has 6 atom stereocenters. The van der Waals surface area contributed by atoms with Gasteiger partial charge in [-0.3, -0.25) is 14.4 Å². The third kappa shape index (κ3) is 10.3. The minimum absolute atomic E-state index is 0.211. The average molecular weight is 1250 g/mol. The normalized spacial score (nSPS) is 20.7. The molecule has 0 unspecified atom stereocenters. The number of hydrogen-bond acceptors (Lipinski definition) is 18. The van der Waals surface area contributed by atoms with Crippen LogP contribution in [0.4, 0.5) is 17.5 Å². The van der Waals surface area contributed by atoms with Crippen molar-refractivity contribution in [3.05, 3.63) is 127 Å². The van der Waals surface area contributed by atoms with Gasteiger partial charge < -0.3 is 60.9 Å². The summed E-state index contributed by atoms with van der Waals surface area (Å²) in [6.45, 7) is 0. The third-order valence-electron chi connectivity index (χ3n) is 19.0. The van der Waals surface area contributed by atoms with Crippen LogP contribution in [0.1, 0.15) is 126 Å². The number of carbonyl (C=O) groups is 3. The zero-order valence-electron chi connectivity index (χ0n) is 51.3. The minimum Gasteiger partial charge on any atom is -0.391 e. The van der Waals surface area contributed by atoms with E-state index in [-0.39, 0.29) is 35.8 Å². The fraction of sp³-hybridized carbons (Fsp3) is 0.364. The molecule has 18 rings (SSSR count). The van der Waals surface area contributed by atoms with Crippen LogP contribution in [0.3, 0.4) is 0 Å². The summed E-state index contributed by atoms with van der Waals surface area (Å²) in [5.74, 6) is 1.39. The third-order valence-corrected chi connectivity index (χ3v) is 19.0. The van der Waals surface area contributed by atoms with Crippen LogP contribution in [0.15, 0.2) is 110 Å². The lowest BCUT2D eigenvalue weighted by atomic mass is 9.89. The first-order chi connectivity index (χ1) is 45.4. The molecule has 6 saturated carbocycles. The zero-order valence-corrected chi connectivity index (χ0v) is 51.3. The predicted molar refractivity (Wildman–Crippen MR) is 348 cm³/mol. The molecule has 0 radical (unpaired) electrons. The van der Waals surface area contributed by atoms with E-state index in [2.05, 4.69) is 113 Å². The first kappa shape index (κ1) is 57.8. The molecular weight excluding hydrogens is 1180 g/mol. The first-order valence-electron chi connectivity index (χ1n) is 32.0. The van der Waals surface area contributed by atoms with Crippen LogP contribution in [-0.4, -0.2) is 163 Å². The van der Waals surface area contributed by atoms with Crippen molar-refractivity contribution in [1.82, 2.24) is 88.4 Å². The summed E-state index contributed by atoms with van der Waals surface area (Å²) in [6.07, 6.45) is 26.4. The molecule has 27 nitrogen and oxygen atoms in total. The molecule has 27 heteroatoms. The summed E-state index contributed by atoms with van der Waals surface area (Å²) in [6, 6.07) is 18.6. The number of aliphatic hydroxyl groups excluding tert-OH is 3. The van der Waals surface area contributed by atoms with Crippen molar-refractivity contribution in [2.75, 3.05) is 37.1 Å². The van der Waals surface area contributed by atoms with Crippen molar-refractivity contribution in [2.24, 2.45) is 0 Å². The fourth-order valence-corrected chi connectivity index (χ4v) is 12.8. The van der Waals surface area contributed by atoms with Crippen LogP contribution in [0.25, 0.3) is 83.8 Å². The van der Waals surface area contributed by atoms with Gasteiger partial charge in [-0.25, -0.2) is 29.9 Å². The van der Waals surface area contributed by atoms with Crippen LogP contribution >= 0.6 is 0 Å². The largest absolute Gasteiger partial charge is 0.391 e. The Morgan fingerprint density at radius 3 is 0.935 bits per heavy atom. The Morgan fingerprint density at radius 1 is 0.409 bits per heavy atom. The lowest BCUT2D eigenvalue weighted by molar-refractivity contribution is 0.0448. The summed E-state index contributed by atoms with van der Waals surface area (Å²) in [4.78, 5) is 67.0. The van der Waals surface area contributed by atoms with Crippen molar-refractivity contribution in [1.29, 1.82) is 0 Å². The molecule has 0 aliphatic heterocycles. The van der Waals surface area contributed by atoms with Gasteiger partial charge in [-0.05, 0) is 113 Å². The number of nitrogens with zero attached hydrogens (tertiary/aromatic N) is 15. The Morgan fingerprint density at radius 2 is 0.699 bits per heavy atom. The molecule has 474 valence electrons. The Balaban J connectivity index is 0.000000111. The second-order valence-corrected chi connectivity index (χ2v) is 25.1. The highest BCUT2D eigenvalue weighted by atomic mass is 16.3. The number of pyridine rings is 3. The molecular formula is C66H69N21O6. The van der Waals surface area contributed by atoms with Crippen molar-refractivity contribution >= 4 is 85.2 Å².